The summed E-state index contributed by atoms with van der Waals surface area (Å²) in [4.78, 5) is 17.8. The summed E-state index contributed by atoms with van der Waals surface area (Å²) < 4.78 is 3.29. The maximum absolute atomic E-state index is 12.9. The molecule has 2 aromatic heterocycles. The molecule has 0 N–H and O–H groups in total. The Hall–Kier alpha value is -2.25. The molecule has 0 atom stereocenters. The number of fused-ring (bicyclic) bond motifs is 1. The number of amides is 1. The van der Waals surface area contributed by atoms with Crippen LogP contribution >= 0.6 is 11.3 Å². The van der Waals surface area contributed by atoms with Gasteiger partial charge in [0.1, 0.15) is 11.6 Å². The van der Waals surface area contributed by atoms with Crippen LogP contribution in [0.25, 0.3) is 10.1 Å². The number of benzene rings is 1. The lowest BCUT2D eigenvalue weighted by molar-refractivity contribution is 0.0715. The molecule has 27 heavy (non-hydrogen) atoms. The van der Waals surface area contributed by atoms with E-state index in [1.165, 1.54) is 4.70 Å². The summed E-state index contributed by atoms with van der Waals surface area (Å²) in [5.74, 6) is 2.55. The van der Waals surface area contributed by atoms with Crippen molar-refractivity contribution in [3.8, 4) is 0 Å². The summed E-state index contributed by atoms with van der Waals surface area (Å²) in [7, 11) is 6.11. The van der Waals surface area contributed by atoms with Crippen LogP contribution in [-0.4, -0.2) is 57.7 Å². The van der Waals surface area contributed by atoms with E-state index in [2.05, 4.69) is 31.8 Å². The topological polar surface area (TPSA) is 54.3 Å². The molecule has 1 fully saturated rings. The number of hydrogen-bond acceptors (Lipinski definition) is 5. The minimum absolute atomic E-state index is 0.154. The summed E-state index contributed by atoms with van der Waals surface area (Å²) in [5.41, 5.74) is 0. The van der Waals surface area contributed by atoms with Gasteiger partial charge < -0.3 is 14.4 Å². The highest BCUT2D eigenvalue weighted by atomic mass is 32.1. The Morgan fingerprint density at radius 2 is 1.96 bits per heavy atom. The zero-order valence-corrected chi connectivity index (χ0v) is 16.9. The number of carbonyl (C=O) groups excluding carboxylic acids is 1. The second-order valence-corrected chi connectivity index (χ2v) is 8.57. The van der Waals surface area contributed by atoms with Crippen LogP contribution in [0.15, 0.2) is 30.3 Å². The average Bonchev–Trinajstić information content (AvgIpc) is 3.25. The third-order valence-corrected chi connectivity index (χ3v) is 6.34. The Kier molecular flexibility index (Phi) is 4.97. The van der Waals surface area contributed by atoms with Crippen LogP contribution in [0.4, 0.5) is 0 Å². The second-order valence-electron chi connectivity index (χ2n) is 7.49. The van der Waals surface area contributed by atoms with E-state index >= 15 is 0 Å². The maximum atomic E-state index is 12.9. The van der Waals surface area contributed by atoms with Gasteiger partial charge in [-0.05, 0) is 44.5 Å². The van der Waals surface area contributed by atoms with E-state index < -0.39 is 0 Å². The molecule has 1 saturated heterocycles. The molecule has 3 heterocycles. The molecule has 1 aliphatic heterocycles. The standard InChI is InChI=1S/C20H25N5OS/c1-23(2)13-18-21-22-19(24(18)3)14-8-10-25(11-9-14)20(26)17-12-15-6-4-5-7-16(15)27-17/h4-7,12,14H,8-11,13H2,1-3H3. The van der Waals surface area contributed by atoms with Gasteiger partial charge in [-0.1, -0.05) is 18.2 Å². The number of rotatable bonds is 4. The van der Waals surface area contributed by atoms with Crippen molar-refractivity contribution in [2.24, 2.45) is 7.05 Å². The predicted molar refractivity (Wildman–Crippen MR) is 108 cm³/mol. The van der Waals surface area contributed by atoms with E-state index in [-0.39, 0.29) is 5.91 Å². The van der Waals surface area contributed by atoms with Gasteiger partial charge in [-0.3, -0.25) is 4.79 Å². The molecule has 142 valence electrons. The lowest BCUT2D eigenvalue weighted by atomic mass is 9.96. The van der Waals surface area contributed by atoms with Crippen LogP contribution in [0, 0.1) is 0 Å². The number of hydrogen-bond donors (Lipinski definition) is 0. The van der Waals surface area contributed by atoms with Crippen LogP contribution in [0.2, 0.25) is 0 Å². The summed E-state index contributed by atoms with van der Waals surface area (Å²) in [6.45, 7) is 2.33. The van der Waals surface area contributed by atoms with Crippen molar-refractivity contribution in [3.63, 3.8) is 0 Å². The first kappa shape index (κ1) is 18.1. The minimum Gasteiger partial charge on any atom is -0.338 e. The van der Waals surface area contributed by atoms with Gasteiger partial charge in [0.15, 0.2) is 0 Å². The fourth-order valence-corrected chi connectivity index (χ4v) is 4.77. The number of aromatic nitrogens is 3. The number of thiophene rings is 1. The molecule has 0 unspecified atom stereocenters. The highest BCUT2D eigenvalue weighted by molar-refractivity contribution is 7.20. The summed E-state index contributed by atoms with van der Waals surface area (Å²) >= 11 is 1.59. The van der Waals surface area contributed by atoms with Gasteiger partial charge in [0.05, 0.1) is 11.4 Å². The average molecular weight is 384 g/mol. The first-order chi connectivity index (χ1) is 13.0. The van der Waals surface area contributed by atoms with Gasteiger partial charge >= 0.3 is 0 Å². The van der Waals surface area contributed by atoms with E-state index in [1.54, 1.807) is 11.3 Å². The van der Waals surface area contributed by atoms with Crippen molar-refractivity contribution >= 4 is 27.3 Å². The highest BCUT2D eigenvalue weighted by Gasteiger charge is 2.28. The molecule has 7 heteroatoms. The zero-order chi connectivity index (χ0) is 19.0. The van der Waals surface area contributed by atoms with Crippen LogP contribution in [-0.2, 0) is 13.6 Å². The van der Waals surface area contributed by atoms with Crippen molar-refractivity contribution < 1.29 is 4.79 Å². The molecule has 1 amide bonds. The zero-order valence-electron chi connectivity index (χ0n) is 16.1. The third-order valence-electron chi connectivity index (χ3n) is 5.24. The van der Waals surface area contributed by atoms with E-state index in [0.29, 0.717) is 5.92 Å². The van der Waals surface area contributed by atoms with Crippen molar-refractivity contribution in [3.05, 3.63) is 46.9 Å². The van der Waals surface area contributed by atoms with Gasteiger partial charge in [-0.15, -0.1) is 21.5 Å². The lowest BCUT2D eigenvalue weighted by Crippen LogP contribution is -2.38. The quantitative estimate of drug-likeness (QED) is 0.695. The Morgan fingerprint density at radius 1 is 1.22 bits per heavy atom. The van der Waals surface area contributed by atoms with Gasteiger partial charge in [0.2, 0.25) is 0 Å². The maximum Gasteiger partial charge on any atom is 0.263 e. The van der Waals surface area contributed by atoms with Gasteiger partial charge in [-0.25, -0.2) is 0 Å². The van der Waals surface area contributed by atoms with Crippen LogP contribution < -0.4 is 0 Å². The predicted octanol–water partition coefficient (Wildman–Crippen LogP) is 3.11. The van der Waals surface area contributed by atoms with Gasteiger partial charge in [0.25, 0.3) is 5.91 Å². The molecule has 0 spiro atoms. The normalized spacial score (nSPS) is 15.8. The molecule has 6 nitrogen and oxygen atoms in total. The molecule has 0 saturated carbocycles. The third kappa shape index (κ3) is 3.61. The van der Waals surface area contributed by atoms with E-state index in [4.69, 9.17) is 0 Å². The number of piperidine rings is 1. The molecule has 1 aromatic carbocycles. The first-order valence-electron chi connectivity index (χ1n) is 9.33. The molecule has 1 aliphatic rings. The first-order valence-corrected chi connectivity index (χ1v) is 10.2. The van der Waals surface area contributed by atoms with Crippen molar-refractivity contribution in [1.29, 1.82) is 0 Å². The van der Waals surface area contributed by atoms with E-state index in [9.17, 15) is 4.79 Å². The number of carbonyl (C=O) groups is 1. The Morgan fingerprint density at radius 3 is 2.67 bits per heavy atom. The minimum atomic E-state index is 0.154. The Labute approximate surface area is 163 Å². The van der Waals surface area contributed by atoms with Crippen LogP contribution in [0.1, 0.15) is 40.1 Å². The lowest BCUT2D eigenvalue weighted by Gasteiger charge is -2.31. The fraction of sp³-hybridized carbons (Fsp3) is 0.450. The van der Waals surface area contributed by atoms with Crippen LogP contribution in [0.5, 0.6) is 0 Å². The Balaban J connectivity index is 1.43. The Bertz CT molecular complexity index is 919. The fourth-order valence-electron chi connectivity index (χ4n) is 3.74. The van der Waals surface area contributed by atoms with E-state index in [0.717, 1.165) is 54.4 Å². The molecule has 0 radical (unpaired) electrons. The van der Waals surface area contributed by atoms with Crippen molar-refractivity contribution in [2.45, 2.75) is 25.3 Å². The molecule has 3 aromatic rings. The smallest absolute Gasteiger partial charge is 0.263 e. The summed E-state index contributed by atoms with van der Waals surface area (Å²) in [6, 6.07) is 10.2. The molecular formula is C20H25N5OS. The molecule has 4 rings (SSSR count). The SMILES string of the molecule is CN(C)Cc1nnc(C2CCN(C(=O)c3cc4ccccc4s3)CC2)n1C. The van der Waals surface area contributed by atoms with E-state index in [1.807, 2.05) is 44.2 Å². The van der Waals surface area contributed by atoms with Gasteiger partial charge in [0, 0.05) is 30.8 Å². The molecular weight excluding hydrogens is 358 g/mol. The van der Waals surface area contributed by atoms with Crippen LogP contribution in [0.3, 0.4) is 0 Å². The molecule has 0 aliphatic carbocycles. The number of nitrogens with zero attached hydrogens (tertiary/aromatic N) is 5. The summed E-state index contributed by atoms with van der Waals surface area (Å²) in [6.07, 6.45) is 1.87. The monoisotopic (exact) mass is 383 g/mol. The summed E-state index contributed by atoms with van der Waals surface area (Å²) in [5, 5.41) is 9.93. The highest BCUT2D eigenvalue weighted by Crippen LogP contribution is 2.30. The van der Waals surface area contributed by atoms with Crippen molar-refractivity contribution in [1.82, 2.24) is 24.6 Å². The van der Waals surface area contributed by atoms with Crippen molar-refractivity contribution in [2.75, 3.05) is 27.2 Å². The second kappa shape index (κ2) is 7.40. The molecule has 0 bridgehead atoms. The largest absolute Gasteiger partial charge is 0.338 e. The number of likely N-dealkylation sites (tertiary alicyclic amines) is 1. The van der Waals surface area contributed by atoms with Gasteiger partial charge in [-0.2, -0.15) is 0 Å².